The van der Waals surface area contributed by atoms with Crippen LogP contribution in [-0.4, -0.2) is 30.6 Å². The molecule has 2 aromatic heterocycles. The number of fused-ring (bicyclic) bond motifs is 1. The number of benzene rings is 3. The van der Waals surface area contributed by atoms with E-state index in [4.69, 9.17) is 0 Å². The van der Waals surface area contributed by atoms with Gasteiger partial charge < -0.3 is 10.3 Å². The molecule has 8 heteroatoms. The second-order valence-electron chi connectivity index (χ2n) is 7.64. The number of amides is 1. The van der Waals surface area contributed by atoms with Crippen LogP contribution in [0, 0.1) is 0 Å². The molecular weight excluding hydrogens is 432 g/mol. The molecule has 0 aliphatic rings. The van der Waals surface area contributed by atoms with Crippen molar-refractivity contribution in [3.63, 3.8) is 0 Å². The van der Waals surface area contributed by atoms with Gasteiger partial charge in [-0.3, -0.25) is 4.79 Å². The summed E-state index contributed by atoms with van der Waals surface area (Å²) >= 11 is 1.65. The molecule has 0 atom stereocenters. The number of hydrogen-bond acceptors (Lipinski definition) is 5. The van der Waals surface area contributed by atoms with Gasteiger partial charge in [0.15, 0.2) is 5.16 Å². The first-order valence-corrected chi connectivity index (χ1v) is 11.6. The first kappa shape index (κ1) is 21.0. The van der Waals surface area contributed by atoms with Crippen molar-refractivity contribution < 1.29 is 4.79 Å². The van der Waals surface area contributed by atoms with Crippen LogP contribution in [0.5, 0.6) is 0 Å². The van der Waals surface area contributed by atoms with E-state index in [-0.39, 0.29) is 5.91 Å². The molecule has 0 bridgehead atoms. The lowest BCUT2D eigenvalue weighted by Crippen LogP contribution is -2.22. The van der Waals surface area contributed by atoms with Gasteiger partial charge in [-0.15, -0.1) is 0 Å². The van der Waals surface area contributed by atoms with E-state index in [1.807, 2.05) is 66.7 Å². The van der Waals surface area contributed by atoms with Crippen LogP contribution < -0.4 is 5.32 Å². The Morgan fingerprint density at radius 2 is 1.82 bits per heavy atom. The molecule has 0 saturated heterocycles. The quantitative estimate of drug-likeness (QED) is 0.339. The molecule has 0 aliphatic heterocycles. The molecule has 0 aliphatic carbocycles. The van der Waals surface area contributed by atoms with Gasteiger partial charge in [0.25, 0.3) is 5.91 Å². The van der Waals surface area contributed by atoms with E-state index in [9.17, 15) is 4.79 Å². The number of rotatable bonds is 8. The third kappa shape index (κ3) is 5.30. The Morgan fingerprint density at radius 1 is 0.970 bits per heavy atom. The highest BCUT2D eigenvalue weighted by molar-refractivity contribution is 7.98. The topological polar surface area (TPSA) is 88.5 Å². The number of carbonyl (C=O) groups excluding carboxylic acids is 1. The van der Waals surface area contributed by atoms with Crippen molar-refractivity contribution in [2.75, 3.05) is 0 Å². The Labute approximate surface area is 195 Å². The minimum atomic E-state index is -0.0897. The summed E-state index contributed by atoms with van der Waals surface area (Å²) in [5.74, 6) is 0.688. The highest BCUT2D eigenvalue weighted by atomic mass is 32.2. The van der Waals surface area contributed by atoms with Crippen LogP contribution in [0.4, 0.5) is 0 Å². The molecule has 164 valence electrons. The molecule has 5 aromatic rings. The minimum absolute atomic E-state index is 0.0897. The normalized spacial score (nSPS) is 11.0. The maximum atomic E-state index is 12.6. The molecule has 0 unspecified atom stereocenters. The van der Waals surface area contributed by atoms with E-state index >= 15 is 0 Å². The average Bonchev–Trinajstić information content (AvgIpc) is 3.51. The smallest absolute Gasteiger partial charge is 0.251 e. The number of nitrogens with zero attached hydrogens (tertiary/aromatic N) is 4. The first-order valence-electron chi connectivity index (χ1n) is 10.6. The fourth-order valence-electron chi connectivity index (χ4n) is 3.53. The van der Waals surface area contributed by atoms with Crippen molar-refractivity contribution >= 4 is 28.7 Å². The number of aromatic amines is 1. The fraction of sp³-hybridized carbons (Fsp3) is 0.120. The lowest BCUT2D eigenvalue weighted by atomic mass is 10.1. The summed E-state index contributed by atoms with van der Waals surface area (Å²) in [6.45, 7) is 1.11. The summed E-state index contributed by atoms with van der Waals surface area (Å²) < 4.78 is 1.77. The van der Waals surface area contributed by atoms with Crippen molar-refractivity contribution in [2.45, 2.75) is 24.0 Å². The SMILES string of the molecule is O=C(NCc1cccc(Cn2cncn2)c1)c1ccc(CSc2nc3ccccc3[nH]2)cc1. The molecule has 33 heavy (non-hydrogen) atoms. The second kappa shape index (κ2) is 9.70. The number of H-pyrrole nitrogens is 1. The fourth-order valence-corrected chi connectivity index (χ4v) is 4.37. The Balaban J connectivity index is 1.14. The third-order valence-electron chi connectivity index (χ3n) is 5.21. The van der Waals surface area contributed by atoms with Crippen molar-refractivity contribution in [1.82, 2.24) is 30.0 Å². The molecule has 3 aromatic carbocycles. The van der Waals surface area contributed by atoms with Crippen molar-refractivity contribution in [1.29, 1.82) is 0 Å². The number of hydrogen-bond donors (Lipinski definition) is 2. The summed E-state index contributed by atoms with van der Waals surface area (Å²) in [7, 11) is 0. The number of para-hydroxylation sites is 2. The van der Waals surface area contributed by atoms with Gasteiger partial charge in [0.1, 0.15) is 12.7 Å². The lowest BCUT2D eigenvalue weighted by molar-refractivity contribution is 0.0951. The summed E-state index contributed by atoms with van der Waals surface area (Å²) in [6, 6.07) is 23.8. The van der Waals surface area contributed by atoms with E-state index in [2.05, 4.69) is 31.4 Å². The van der Waals surface area contributed by atoms with Gasteiger partial charge in [-0.2, -0.15) is 5.10 Å². The van der Waals surface area contributed by atoms with E-state index in [1.54, 1.807) is 22.8 Å². The number of imidazole rings is 1. The van der Waals surface area contributed by atoms with Gasteiger partial charge in [0.05, 0.1) is 17.6 Å². The van der Waals surface area contributed by atoms with Crippen LogP contribution in [0.15, 0.2) is 90.6 Å². The van der Waals surface area contributed by atoms with Crippen LogP contribution in [-0.2, 0) is 18.8 Å². The van der Waals surface area contributed by atoms with Gasteiger partial charge in [-0.25, -0.2) is 14.6 Å². The molecule has 1 amide bonds. The largest absolute Gasteiger partial charge is 0.348 e. The molecule has 0 radical (unpaired) electrons. The van der Waals surface area contributed by atoms with Gasteiger partial charge >= 0.3 is 0 Å². The van der Waals surface area contributed by atoms with Gasteiger partial charge in [-0.05, 0) is 41.0 Å². The second-order valence-corrected chi connectivity index (χ2v) is 8.60. The Kier molecular flexibility index (Phi) is 6.16. The average molecular weight is 455 g/mol. The van der Waals surface area contributed by atoms with E-state index in [1.165, 1.54) is 6.33 Å². The number of carbonyl (C=O) groups is 1. The molecule has 0 saturated carbocycles. The van der Waals surface area contributed by atoms with E-state index in [0.717, 1.165) is 38.6 Å². The summed E-state index contributed by atoms with van der Waals surface area (Å²) in [5.41, 5.74) is 5.94. The standard InChI is InChI=1S/C25H22N6OS/c32-24(27-13-19-4-3-5-20(12-19)14-31-17-26-16-28-31)21-10-8-18(9-11-21)15-33-25-29-22-6-1-2-7-23(22)30-25/h1-12,16-17H,13-15H2,(H,27,32)(H,29,30). The Bertz CT molecular complexity index is 1330. The van der Waals surface area contributed by atoms with Crippen LogP contribution in [0.3, 0.4) is 0 Å². The molecular formula is C25H22N6OS. The first-order chi connectivity index (χ1) is 16.2. The summed E-state index contributed by atoms with van der Waals surface area (Å²) in [6.07, 6.45) is 3.21. The summed E-state index contributed by atoms with van der Waals surface area (Å²) in [4.78, 5) is 24.5. The number of thioether (sulfide) groups is 1. The van der Waals surface area contributed by atoms with E-state index in [0.29, 0.717) is 18.7 Å². The molecule has 0 spiro atoms. The van der Waals surface area contributed by atoms with E-state index < -0.39 is 0 Å². The molecule has 2 N–H and O–H groups in total. The Morgan fingerprint density at radius 3 is 2.64 bits per heavy atom. The summed E-state index contributed by atoms with van der Waals surface area (Å²) in [5, 5.41) is 8.02. The minimum Gasteiger partial charge on any atom is -0.348 e. The van der Waals surface area contributed by atoms with Crippen molar-refractivity contribution in [3.8, 4) is 0 Å². The highest BCUT2D eigenvalue weighted by Crippen LogP contribution is 2.23. The maximum Gasteiger partial charge on any atom is 0.251 e. The lowest BCUT2D eigenvalue weighted by Gasteiger charge is -2.08. The predicted molar refractivity (Wildman–Crippen MR) is 129 cm³/mol. The molecule has 5 rings (SSSR count). The number of aromatic nitrogens is 5. The monoisotopic (exact) mass is 454 g/mol. The molecule has 7 nitrogen and oxygen atoms in total. The molecule has 2 heterocycles. The van der Waals surface area contributed by atoms with Crippen LogP contribution in [0.25, 0.3) is 11.0 Å². The zero-order valence-electron chi connectivity index (χ0n) is 17.8. The highest BCUT2D eigenvalue weighted by Gasteiger charge is 2.07. The van der Waals surface area contributed by atoms with Crippen LogP contribution in [0.2, 0.25) is 0 Å². The van der Waals surface area contributed by atoms with Crippen LogP contribution in [0.1, 0.15) is 27.0 Å². The van der Waals surface area contributed by atoms with Gasteiger partial charge in [0.2, 0.25) is 0 Å². The van der Waals surface area contributed by atoms with Crippen molar-refractivity contribution in [2.24, 2.45) is 0 Å². The maximum absolute atomic E-state index is 12.6. The van der Waals surface area contributed by atoms with Gasteiger partial charge in [-0.1, -0.05) is 60.3 Å². The zero-order valence-corrected chi connectivity index (χ0v) is 18.6. The van der Waals surface area contributed by atoms with Crippen LogP contribution >= 0.6 is 11.8 Å². The predicted octanol–water partition coefficient (Wildman–Crippen LogP) is 4.43. The molecule has 0 fully saturated rings. The number of nitrogens with one attached hydrogen (secondary N) is 2. The van der Waals surface area contributed by atoms with Gasteiger partial charge in [0, 0.05) is 17.9 Å². The Hall–Kier alpha value is -3.91. The third-order valence-corrected chi connectivity index (χ3v) is 6.16. The van der Waals surface area contributed by atoms with Crippen molar-refractivity contribution in [3.05, 3.63) is 108 Å². The zero-order chi connectivity index (χ0) is 22.5.